The highest BCUT2D eigenvalue weighted by Crippen LogP contribution is 2.21. The highest BCUT2D eigenvalue weighted by molar-refractivity contribution is 7.92. The number of nitrogens with one attached hydrogen (secondary N) is 2. The lowest BCUT2D eigenvalue weighted by molar-refractivity contribution is 0.598. The first-order chi connectivity index (χ1) is 10.6. The van der Waals surface area contributed by atoms with Gasteiger partial charge in [-0.2, -0.15) is 0 Å². The van der Waals surface area contributed by atoms with Gasteiger partial charge in [0.25, 0.3) is 10.0 Å². The third kappa shape index (κ3) is 4.66. The summed E-state index contributed by atoms with van der Waals surface area (Å²) in [6.45, 7) is 7.56. The van der Waals surface area contributed by atoms with E-state index < -0.39 is 15.8 Å². The Morgan fingerprint density at radius 2 is 1.83 bits per heavy atom. The molecule has 0 bridgehead atoms. The maximum absolute atomic E-state index is 13.1. The molecule has 1 heterocycles. The summed E-state index contributed by atoms with van der Waals surface area (Å²) in [6.07, 6.45) is 1.44. The van der Waals surface area contributed by atoms with Gasteiger partial charge in [0.15, 0.2) is 0 Å². The standard InChI is InChI=1S/C16H20FN3O2S/c1-11-9-12(17)5-7-14(11)23(21,22)20-13-6-8-15(18-10-13)19-16(2,3)4/h5-10,20H,1-4H3,(H,18,19). The lowest BCUT2D eigenvalue weighted by atomic mass is 10.1. The minimum atomic E-state index is -3.79. The number of halogens is 1. The van der Waals surface area contributed by atoms with Crippen LogP contribution in [0.3, 0.4) is 0 Å². The van der Waals surface area contributed by atoms with Gasteiger partial charge >= 0.3 is 0 Å². The van der Waals surface area contributed by atoms with E-state index in [1.165, 1.54) is 18.3 Å². The van der Waals surface area contributed by atoms with Gasteiger partial charge < -0.3 is 5.32 Å². The van der Waals surface area contributed by atoms with E-state index in [0.29, 0.717) is 17.1 Å². The molecule has 0 aliphatic rings. The second kappa shape index (κ2) is 6.16. The fourth-order valence-electron chi connectivity index (χ4n) is 2.04. The van der Waals surface area contributed by atoms with Gasteiger partial charge in [-0.25, -0.2) is 17.8 Å². The van der Waals surface area contributed by atoms with E-state index >= 15 is 0 Å². The van der Waals surface area contributed by atoms with Crippen molar-refractivity contribution >= 4 is 21.5 Å². The fourth-order valence-corrected chi connectivity index (χ4v) is 3.31. The summed E-state index contributed by atoms with van der Waals surface area (Å²) in [5, 5.41) is 3.19. The first-order valence-corrected chi connectivity index (χ1v) is 8.58. The number of hydrogen-bond donors (Lipinski definition) is 2. The number of benzene rings is 1. The van der Waals surface area contributed by atoms with Crippen molar-refractivity contribution in [3.05, 3.63) is 47.9 Å². The van der Waals surface area contributed by atoms with Crippen molar-refractivity contribution in [1.82, 2.24) is 4.98 Å². The maximum atomic E-state index is 13.1. The number of aryl methyl sites for hydroxylation is 1. The summed E-state index contributed by atoms with van der Waals surface area (Å²) in [5.41, 5.74) is 0.545. The molecule has 0 aliphatic carbocycles. The summed E-state index contributed by atoms with van der Waals surface area (Å²) in [4.78, 5) is 4.22. The molecule has 0 spiro atoms. The van der Waals surface area contributed by atoms with Crippen molar-refractivity contribution in [3.8, 4) is 0 Å². The van der Waals surface area contributed by atoms with E-state index in [0.717, 1.165) is 6.07 Å². The Labute approximate surface area is 136 Å². The molecule has 0 radical (unpaired) electrons. The van der Waals surface area contributed by atoms with Gasteiger partial charge in [0.2, 0.25) is 0 Å². The molecule has 0 aliphatic heterocycles. The monoisotopic (exact) mass is 337 g/mol. The zero-order chi connectivity index (χ0) is 17.3. The van der Waals surface area contributed by atoms with Gasteiger partial charge in [-0.05, 0) is 63.6 Å². The Morgan fingerprint density at radius 3 is 2.35 bits per heavy atom. The minimum Gasteiger partial charge on any atom is -0.365 e. The second-order valence-electron chi connectivity index (χ2n) is 6.32. The summed E-state index contributed by atoms with van der Waals surface area (Å²) >= 11 is 0. The van der Waals surface area contributed by atoms with Crippen LogP contribution in [-0.4, -0.2) is 18.9 Å². The number of pyridine rings is 1. The minimum absolute atomic E-state index is 0.0378. The van der Waals surface area contributed by atoms with E-state index in [4.69, 9.17) is 0 Å². The third-order valence-electron chi connectivity index (χ3n) is 2.95. The summed E-state index contributed by atoms with van der Waals surface area (Å²) in [7, 11) is -3.79. The SMILES string of the molecule is Cc1cc(F)ccc1S(=O)(=O)Nc1ccc(NC(C)(C)C)nc1. The number of rotatable bonds is 4. The molecule has 1 aromatic heterocycles. The molecule has 0 unspecified atom stereocenters. The number of aromatic nitrogens is 1. The van der Waals surface area contributed by atoms with E-state index in [9.17, 15) is 12.8 Å². The van der Waals surface area contributed by atoms with Crippen molar-refractivity contribution in [2.24, 2.45) is 0 Å². The van der Waals surface area contributed by atoms with Crippen LogP contribution in [0.4, 0.5) is 15.9 Å². The van der Waals surface area contributed by atoms with Gasteiger partial charge in [-0.15, -0.1) is 0 Å². The van der Waals surface area contributed by atoms with E-state index in [-0.39, 0.29) is 10.4 Å². The van der Waals surface area contributed by atoms with Gasteiger partial charge in [0, 0.05) is 5.54 Å². The fraction of sp³-hybridized carbons (Fsp3) is 0.312. The normalized spacial score (nSPS) is 12.0. The third-order valence-corrected chi connectivity index (χ3v) is 4.49. The van der Waals surface area contributed by atoms with Crippen molar-refractivity contribution in [1.29, 1.82) is 0 Å². The smallest absolute Gasteiger partial charge is 0.262 e. The topological polar surface area (TPSA) is 71.1 Å². The molecule has 0 atom stereocenters. The number of anilines is 2. The van der Waals surface area contributed by atoms with Crippen LogP contribution in [0, 0.1) is 12.7 Å². The predicted molar refractivity (Wildman–Crippen MR) is 89.6 cm³/mol. The molecule has 124 valence electrons. The number of nitrogens with zero attached hydrogens (tertiary/aromatic N) is 1. The van der Waals surface area contributed by atoms with Gasteiger partial charge in [0.05, 0.1) is 16.8 Å². The molecule has 7 heteroatoms. The van der Waals surface area contributed by atoms with Crippen LogP contribution in [0.1, 0.15) is 26.3 Å². The zero-order valence-corrected chi connectivity index (χ0v) is 14.3. The average molecular weight is 337 g/mol. The Morgan fingerprint density at radius 1 is 1.13 bits per heavy atom. The van der Waals surface area contributed by atoms with Crippen molar-refractivity contribution in [3.63, 3.8) is 0 Å². The summed E-state index contributed by atoms with van der Waals surface area (Å²) < 4.78 is 40.3. The first kappa shape index (κ1) is 17.2. The molecule has 1 aromatic carbocycles. The van der Waals surface area contributed by atoms with Gasteiger partial charge in [-0.1, -0.05) is 0 Å². The molecule has 0 saturated carbocycles. The molecule has 0 fully saturated rings. The molecule has 5 nitrogen and oxygen atoms in total. The summed E-state index contributed by atoms with van der Waals surface area (Å²) in [5.74, 6) is 0.180. The van der Waals surface area contributed by atoms with Gasteiger partial charge in [0.1, 0.15) is 11.6 Å². The molecular formula is C16H20FN3O2S. The van der Waals surface area contributed by atoms with E-state index in [2.05, 4.69) is 15.0 Å². The lowest BCUT2D eigenvalue weighted by Gasteiger charge is -2.21. The van der Waals surface area contributed by atoms with Crippen LogP contribution in [0.15, 0.2) is 41.4 Å². The Balaban J connectivity index is 2.21. The zero-order valence-electron chi connectivity index (χ0n) is 13.5. The highest BCUT2D eigenvalue weighted by atomic mass is 32.2. The second-order valence-corrected chi connectivity index (χ2v) is 7.97. The highest BCUT2D eigenvalue weighted by Gasteiger charge is 2.17. The largest absolute Gasteiger partial charge is 0.365 e. The predicted octanol–water partition coefficient (Wildman–Crippen LogP) is 3.54. The van der Waals surface area contributed by atoms with Crippen molar-refractivity contribution < 1.29 is 12.8 Å². The molecular weight excluding hydrogens is 317 g/mol. The van der Waals surface area contributed by atoms with E-state index in [1.54, 1.807) is 19.1 Å². The number of sulfonamides is 1. The summed E-state index contributed by atoms with van der Waals surface area (Å²) in [6, 6.07) is 6.87. The average Bonchev–Trinajstić information content (AvgIpc) is 2.38. The Hall–Kier alpha value is -2.15. The number of hydrogen-bond acceptors (Lipinski definition) is 4. The van der Waals surface area contributed by atoms with Crippen LogP contribution in [0.25, 0.3) is 0 Å². The molecule has 2 N–H and O–H groups in total. The molecule has 0 amide bonds. The lowest BCUT2D eigenvalue weighted by Crippen LogP contribution is -2.26. The Bertz CT molecular complexity index is 797. The molecule has 0 saturated heterocycles. The van der Waals surface area contributed by atoms with E-state index in [1.807, 2.05) is 20.8 Å². The van der Waals surface area contributed by atoms with Crippen molar-refractivity contribution in [2.75, 3.05) is 10.0 Å². The molecule has 2 aromatic rings. The van der Waals surface area contributed by atoms with Crippen LogP contribution >= 0.6 is 0 Å². The Kier molecular flexibility index (Phi) is 4.61. The first-order valence-electron chi connectivity index (χ1n) is 7.10. The van der Waals surface area contributed by atoms with Crippen molar-refractivity contribution in [2.45, 2.75) is 38.1 Å². The molecule has 23 heavy (non-hydrogen) atoms. The van der Waals surface area contributed by atoms with Crippen LogP contribution < -0.4 is 10.0 Å². The van der Waals surface area contributed by atoms with Crippen LogP contribution in [-0.2, 0) is 10.0 Å². The van der Waals surface area contributed by atoms with Gasteiger partial charge in [-0.3, -0.25) is 4.72 Å². The maximum Gasteiger partial charge on any atom is 0.262 e. The quantitative estimate of drug-likeness (QED) is 0.895. The van der Waals surface area contributed by atoms with Crippen LogP contribution in [0.2, 0.25) is 0 Å². The van der Waals surface area contributed by atoms with Crippen LogP contribution in [0.5, 0.6) is 0 Å². The molecule has 2 rings (SSSR count).